The zero-order valence-corrected chi connectivity index (χ0v) is 32.3. The molecule has 1 heterocycles. The molecule has 10 rings (SSSR count). The van der Waals surface area contributed by atoms with Crippen LogP contribution in [0.2, 0.25) is 0 Å². The topological polar surface area (TPSA) is 9.72 Å². The summed E-state index contributed by atoms with van der Waals surface area (Å²) >= 11 is 0.290. The van der Waals surface area contributed by atoms with E-state index < -0.39 is 0 Å². The second-order valence-electron chi connectivity index (χ2n) is 13.8. The number of anilines is 9. The minimum absolute atomic E-state index is 0.290. The second kappa shape index (κ2) is 14.8. The van der Waals surface area contributed by atoms with E-state index in [1.54, 1.807) is 0 Å². The van der Waals surface area contributed by atoms with Crippen molar-refractivity contribution in [3.8, 4) is 0 Å². The van der Waals surface area contributed by atoms with Crippen molar-refractivity contribution in [2.75, 3.05) is 14.7 Å². The maximum atomic E-state index is 2.38. The van der Waals surface area contributed by atoms with E-state index in [9.17, 15) is 0 Å². The zero-order chi connectivity index (χ0) is 37.3. The molecule has 9 aromatic carbocycles. The molecule has 0 saturated carbocycles. The van der Waals surface area contributed by atoms with Crippen LogP contribution in [-0.4, -0.2) is 14.5 Å². The summed E-state index contributed by atoms with van der Waals surface area (Å²) in [6.07, 6.45) is 0. The molecule has 56 heavy (non-hydrogen) atoms. The van der Waals surface area contributed by atoms with Gasteiger partial charge in [-0.15, -0.1) is 0 Å². The Morgan fingerprint density at radius 2 is 0.625 bits per heavy atom. The Hall–Kier alpha value is -6.84. The van der Waals surface area contributed by atoms with Crippen LogP contribution in [0.25, 0.3) is 30.1 Å². The number of hydrogen-bond donors (Lipinski definition) is 0. The van der Waals surface area contributed by atoms with Crippen LogP contribution in [0.3, 0.4) is 0 Å². The smallest absolute Gasteiger partial charge is 0.0602 e. The van der Waals surface area contributed by atoms with Gasteiger partial charge in [-0.1, -0.05) is 60.7 Å². The molecule has 0 saturated heterocycles. The molecular formula is C52H37N3Se. The van der Waals surface area contributed by atoms with Gasteiger partial charge in [0, 0.05) is 17.1 Å². The molecule has 0 N–H and O–H groups in total. The first-order chi connectivity index (χ1) is 27.8. The van der Waals surface area contributed by atoms with Crippen molar-refractivity contribution in [3.05, 3.63) is 224 Å². The summed E-state index contributed by atoms with van der Waals surface area (Å²) in [6.45, 7) is 0. The number of rotatable bonds is 9. The van der Waals surface area contributed by atoms with Crippen molar-refractivity contribution in [2.24, 2.45) is 0 Å². The van der Waals surface area contributed by atoms with E-state index >= 15 is 0 Å². The van der Waals surface area contributed by atoms with Gasteiger partial charge >= 0.3 is 222 Å². The molecule has 10 aromatic rings. The summed E-state index contributed by atoms with van der Waals surface area (Å²) in [7, 11) is 0. The van der Waals surface area contributed by atoms with Crippen LogP contribution in [-0.2, 0) is 0 Å². The van der Waals surface area contributed by atoms with Crippen LogP contribution in [0.5, 0.6) is 0 Å². The van der Waals surface area contributed by atoms with Crippen molar-refractivity contribution in [1.29, 1.82) is 0 Å². The first-order valence-electron chi connectivity index (χ1n) is 18.9. The van der Waals surface area contributed by atoms with Crippen molar-refractivity contribution in [2.45, 2.75) is 0 Å². The molecule has 0 atom stereocenters. The molecule has 0 amide bonds. The third-order valence-corrected chi connectivity index (χ3v) is 12.9. The van der Waals surface area contributed by atoms with Gasteiger partial charge in [-0.25, -0.2) is 0 Å². The molecule has 0 radical (unpaired) electrons. The van der Waals surface area contributed by atoms with Gasteiger partial charge in [-0.2, -0.15) is 0 Å². The Kier molecular flexibility index (Phi) is 8.89. The summed E-state index contributed by atoms with van der Waals surface area (Å²) < 4.78 is 2.95. The first kappa shape index (κ1) is 33.7. The van der Waals surface area contributed by atoms with E-state index in [-0.39, 0.29) is 14.5 Å². The van der Waals surface area contributed by atoms with E-state index in [1.165, 1.54) is 30.1 Å². The maximum absolute atomic E-state index is 2.38. The van der Waals surface area contributed by atoms with Gasteiger partial charge in [-0.05, 0) is 30.3 Å². The normalized spacial score (nSPS) is 11.2. The molecule has 1 aromatic heterocycles. The molecule has 4 heteroatoms. The van der Waals surface area contributed by atoms with Crippen LogP contribution in [0.15, 0.2) is 224 Å². The summed E-state index contributed by atoms with van der Waals surface area (Å²) in [4.78, 5) is 7.05. The van der Waals surface area contributed by atoms with Crippen molar-refractivity contribution in [3.63, 3.8) is 0 Å². The van der Waals surface area contributed by atoms with Crippen molar-refractivity contribution < 1.29 is 0 Å². The number of nitrogens with zero attached hydrogens (tertiary/aromatic N) is 3. The van der Waals surface area contributed by atoms with Gasteiger partial charge in [0.05, 0.1) is 0 Å². The van der Waals surface area contributed by atoms with Crippen LogP contribution >= 0.6 is 0 Å². The van der Waals surface area contributed by atoms with Crippen LogP contribution in [0.1, 0.15) is 0 Å². The van der Waals surface area contributed by atoms with Crippen LogP contribution in [0.4, 0.5) is 51.2 Å². The van der Waals surface area contributed by atoms with Gasteiger partial charge in [0.2, 0.25) is 0 Å². The van der Waals surface area contributed by atoms with E-state index in [0.29, 0.717) is 0 Å². The van der Waals surface area contributed by atoms with Gasteiger partial charge < -0.3 is 4.90 Å². The Bertz CT molecular complexity index is 2890. The van der Waals surface area contributed by atoms with Crippen LogP contribution in [0, 0.1) is 0 Å². The Morgan fingerprint density at radius 1 is 0.250 bits per heavy atom. The number of benzene rings is 9. The molecule has 0 spiro atoms. The number of fused-ring (bicyclic) bond motifs is 5. The van der Waals surface area contributed by atoms with E-state index in [1.807, 2.05) is 0 Å². The average Bonchev–Trinajstić information content (AvgIpc) is 3.65. The minimum atomic E-state index is 0.290. The third-order valence-electron chi connectivity index (χ3n) is 10.4. The molecule has 266 valence electrons. The first-order valence-corrected chi connectivity index (χ1v) is 20.6. The van der Waals surface area contributed by atoms with E-state index in [0.717, 1.165) is 51.2 Å². The van der Waals surface area contributed by atoms with Gasteiger partial charge in [0.1, 0.15) is 0 Å². The Labute approximate surface area is 333 Å². The SMILES string of the molecule is c1ccc(N(c2ccccc2)c2cccc(N(c3ccccc3)c3cccc(N(c4ccccc4)c4ccc5c(ccc6c7ccccc7[se]c56)c4)c3)c2)cc1. The van der Waals surface area contributed by atoms with Gasteiger partial charge in [-0.3, -0.25) is 0 Å². The molecular weight excluding hydrogens is 746 g/mol. The summed E-state index contributed by atoms with van der Waals surface area (Å²) in [6, 6.07) is 80.8. The molecule has 0 bridgehead atoms. The average molecular weight is 783 g/mol. The van der Waals surface area contributed by atoms with E-state index in [2.05, 4.69) is 239 Å². The quantitative estimate of drug-likeness (QED) is 0.135. The van der Waals surface area contributed by atoms with Gasteiger partial charge in [0.25, 0.3) is 0 Å². The molecule has 0 unspecified atom stereocenters. The van der Waals surface area contributed by atoms with Gasteiger partial charge in [0.15, 0.2) is 0 Å². The molecule has 0 fully saturated rings. The predicted molar refractivity (Wildman–Crippen MR) is 240 cm³/mol. The fourth-order valence-corrected chi connectivity index (χ4v) is 10.4. The molecule has 3 nitrogen and oxygen atoms in total. The van der Waals surface area contributed by atoms with Crippen molar-refractivity contribution in [1.82, 2.24) is 0 Å². The fraction of sp³-hybridized carbons (Fsp3) is 0. The Balaban J connectivity index is 1.10. The van der Waals surface area contributed by atoms with Crippen LogP contribution < -0.4 is 14.7 Å². The molecule has 0 aliphatic heterocycles. The number of para-hydroxylation sites is 4. The minimum Gasteiger partial charge on any atom is -0.0602 e. The van der Waals surface area contributed by atoms with E-state index in [4.69, 9.17) is 0 Å². The number of hydrogen-bond acceptors (Lipinski definition) is 3. The molecule has 0 aliphatic carbocycles. The zero-order valence-electron chi connectivity index (χ0n) is 30.6. The summed E-state index contributed by atoms with van der Waals surface area (Å²) in [5.41, 5.74) is 9.82. The standard InChI is InChI=1S/C52H37N3Se/c1-5-17-39(18-6-1)53(40-19-7-2-8-20-40)43-25-15-26-44(36-43)54(41-21-9-3-10-22-41)45-27-16-28-46(37-45)55(42-23-11-4-12-24-42)47-32-34-48-38(35-47)31-33-50-49-29-13-14-30-51(49)56-52(48)50/h1-37H. The fourth-order valence-electron chi connectivity index (χ4n) is 7.83. The summed E-state index contributed by atoms with van der Waals surface area (Å²) in [5.74, 6) is 0. The molecule has 0 aliphatic rings. The third kappa shape index (κ3) is 6.31. The monoisotopic (exact) mass is 783 g/mol. The summed E-state index contributed by atoms with van der Waals surface area (Å²) in [5, 5.41) is 5.38. The van der Waals surface area contributed by atoms with Crippen molar-refractivity contribution >= 4 is 95.8 Å². The predicted octanol–water partition coefficient (Wildman–Crippen LogP) is 14.6. The Morgan fingerprint density at radius 3 is 1.11 bits per heavy atom. The second-order valence-corrected chi connectivity index (χ2v) is 16.0.